The number of rotatable bonds is 6. The molecule has 0 radical (unpaired) electrons. The summed E-state index contributed by atoms with van der Waals surface area (Å²) in [4.78, 5) is 0. The van der Waals surface area contributed by atoms with Crippen LogP contribution in [0.1, 0.15) is 25.7 Å². The molecular weight excluding hydrogens is 124 g/mol. The monoisotopic (exact) mass is 142 g/mol. The zero-order valence-corrected chi connectivity index (χ0v) is 6.60. The van der Waals surface area contributed by atoms with Gasteiger partial charge in [0.25, 0.3) is 0 Å². The van der Waals surface area contributed by atoms with Gasteiger partial charge >= 0.3 is 0 Å². The summed E-state index contributed by atoms with van der Waals surface area (Å²) in [7, 11) is 0. The summed E-state index contributed by atoms with van der Waals surface area (Å²) in [6, 6.07) is 0. The fourth-order valence-corrected chi connectivity index (χ4v) is 1.15. The van der Waals surface area contributed by atoms with Gasteiger partial charge in [-0.15, -0.1) is 0 Å². The molecule has 1 fully saturated rings. The lowest BCUT2D eigenvalue weighted by atomic mass is 10.2. The molecule has 0 aromatic heterocycles. The molecule has 0 aromatic carbocycles. The normalized spacial score (nSPS) is 17.7. The van der Waals surface area contributed by atoms with Crippen molar-refractivity contribution in [3.63, 3.8) is 0 Å². The predicted molar refractivity (Wildman–Crippen MR) is 43.9 cm³/mol. The minimum absolute atomic E-state index is 0.767. The van der Waals surface area contributed by atoms with Crippen LogP contribution in [0, 0.1) is 5.92 Å². The van der Waals surface area contributed by atoms with Gasteiger partial charge in [-0.2, -0.15) is 0 Å². The van der Waals surface area contributed by atoms with E-state index in [0.717, 1.165) is 25.6 Å². The van der Waals surface area contributed by atoms with Crippen molar-refractivity contribution in [1.29, 1.82) is 0 Å². The lowest BCUT2D eigenvalue weighted by Gasteiger charge is -2.00. The fourth-order valence-electron chi connectivity index (χ4n) is 1.15. The largest absolute Gasteiger partial charge is 0.329 e. The maximum atomic E-state index is 5.32. The summed E-state index contributed by atoms with van der Waals surface area (Å²) in [5, 5.41) is 3.29. The van der Waals surface area contributed by atoms with Gasteiger partial charge in [0, 0.05) is 13.1 Å². The molecule has 10 heavy (non-hydrogen) atoms. The van der Waals surface area contributed by atoms with Gasteiger partial charge < -0.3 is 11.1 Å². The summed E-state index contributed by atoms with van der Waals surface area (Å²) in [5.41, 5.74) is 5.32. The van der Waals surface area contributed by atoms with Crippen LogP contribution in [-0.2, 0) is 0 Å². The Morgan fingerprint density at radius 3 is 2.70 bits per heavy atom. The Morgan fingerprint density at radius 1 is 1.30 bits per heavy atom. The molecule has 0 heterocycles. The minimum atomic E-state index is 0.767. The molecule has 0 saturated heterocycles. The molecule has 1 aliphatic rings. The van der Waals surface area contributed by atoms with Crippen molar-refractivity contribution in [3.8, 4) is 0 Å². The molecule has 60 valence electrons. The van der Waals surface area contributed by atoms with Crippen molar-refractivity contribution in [2.45, 2.75) is 25.7 Å². The highest BCUT2D eigenvalue weighted by Crippen LogP contribution is 2.33. The average Bonchev–Trinajstić information content (AvgIpc) is 2.71. The van der Waals surface area contributed by atoms with Crippen molar-refractivity contribution in [2.75, 3.05) is 19.6 Å². The zero-order chi connectivity index (χ0) is 7.23. The molecule has 1 saturated carbocycles. The first kappa shape index (κ1) is 8.02. The van der Waals surface area contributed by atoms with Gasteiger partial charge in [-0.1, -0.05) is 12.8 Å². The third-order valence-electron chi connectivity index (χ3n) is 1.98. The van der Waals surface area contributed by atoms with E-state index in [1.807, 2.05) is 0 Å². The molecule has 0 spiro atoms. The lowest BCUT2D eigenvalue weighted by Crippen LogP contribution is -2.23. The Bertz CT molecular complexity index is 79.3. The number of nitrogens with two attached hydrogens (primary N) is 1. The maximum Gasteiger partial charge on any atom is 0.00745 e. The molecule has 1 rings (SSSR count). The molecule has 2 nitrogen and oxygen atoms in total. The SMILES string of the molecule is NCCNCCCC1CC1. The molecular formula is C8H18N2. The molecule has 1 aliphatic carbocycles. The van der Waals surface area contributed by atoms with E-state index >= 15 is 0 Å². The van der Waals surface area contributed by atoms with Gasteiger partial charge in [0.15, 0.2) is 0 Å². The second kappa shape index (κ2) is 4.69. The molecule has 0 aliphatic heterocycles. The van der Waals surface area contributed by atoms with Gasteiger partial charge in [0.1, 0.15) is 0 Å². The summed E-state index contributed by atoms with van der Waals surface area (Å²) in [6.45, 7) is 2.90. The third-order valence-corrected chi connectivity index (χ3v) is 1.98. The average molecular weight is 142 g/mol. The fraction of sp³-hybridized carbons (Fsp3) is 1.00. The van der Waals surface area contributed by atoms with E-state index < -0.39 is 0 Å². The van der Waals surface area contributed by atoms with E-state index in [0.29, 0.717) is 0 Å². The lowest BCUT2D eigenvalue weighted by molar-refractivity contribution is 0.598. The Labute approximate surface area is 63.2 Å². The van der Waals surface area contributed by atoms with E-state index in [-0.39, 0.29) is 0 Å². The van der Waals surface area contributed by atoms with Crippen molar-refractivity contribution in [3.05, 3.63) is 0 Å². The van der Waals surface area contributed by atoms with Crippen LogP contribution in [0.5, 0.6) is 0 Å². The second-order valence-corrected chi connectivity index (χ2v) is 3.12. The molecule has 0 unspecified atom stereocenters. The zero-order valence-electron chi connectivity index (χ0n) is 6.60. The molecule has 0 aromatic rings. The third kappa shape index (κ3) is 3.85. The number of hydrogen-bond acceptors (Lipinski definition) is 2. The van der Waals surface area contributed by atoms with E-state index in [4.69, 9.17) is 5.73 Å². The molecule has 3 N–H and O–H groups in total. The second-order valence-electron chi connectivity index (χ2n) is 3.12. The van der Waals surface area contributed by atoms with Crippen LogP contribution < -0.4 is 11.1 Å². The molecule has 2 heteroatoms. The van der Waals surface area contributed by atoms with Crippen LogP contribution in [0.25, 0.3) is 0 Å². The van der Waals surface area contributed by atoms with Crippen LogP contribution >= 0.6 is 0 Å². The standard InChI is InChI=1S/C8H18N2/c9-5-7-10-6-1-2-8-3-4-8/h8,10H,1-7,9H2. The first-order chi connectivity index (χ1) is 4.93. The highest BCUT2D eigenvalue weighted by Gasteiger charge is 2.19. The van der Waals surface area contributed by atoms with Gasteiger partial charge in [-0.05, 0) is 25.3 Å². The van der Waals surface area contributed by atoms with Gasteiger partial charge in [-0.3, -0.25) is 0 Å². The van der Waals surface area contributed by atoms with E-state index in [9.17, 15) is 0 Å². The van der Waals surface area contributed by atoms with Crippen molar-refractivity contribution >= 4 is 0 Å². The van der Waals surface area contributed by atoms with Crippen LogP contribution in [-0.4, -0.2) is 19.6 Å². The number of nitrogens with one attached hydrogen (secondary N) is 1. The number of hydrogen-bond donors (Lipinski definition) is 2. The smallest absolute Gasteiger partial charge is 0.00745 e. The van der Waals surface area contributed by atoms with Crippen LogP contribution in [0.4, 0.5) is 0 Å². The van der Waals surface area contributed by atoms with Gasteiger partial charge in [0.2, 0.25) is 0 Å². The minimum Gasteiger partial charge on any atom is -0.329 e. The van der Waals surface area contributed by atoms with Crippen LogP contribution in [0.15, 0.2) is 0 Å². The molecule has 0 amide bonds. The van der Waals surface area contributed by atoms with Crippen LogP contribution in [0.2, 0.25) is 0 Å². The quantitative estimate of drug-likeness (QED) is 0.536. The van der Waals surface area contributed by atoms with Crippen molar-refractivity contribution in [1.82, 2.24) is 5.32 Å². The Hall–Kier alpha value is -0.0800. The summed E-state index contributed by atoms with van der Waals surface area (Å²) >= 11 is 0. The Balaban J connectivity index is 1.68. The summed E-state index contributed by atoms with van der Waals surface area (Å²) < 4.78 is 0. The highest BCUT2D eigenvalue weighted by atomic mass is 14.9. The van der Waals surface area contributed by atoms with E-state index in [1.54, 1.807) is 0 Å². The molecule has 0 atom stereocenters. The summed E-state index contributed by atoms with van der Waals surface area (Å²) in [5.74, 6) is 1.08. The van der Waals surface area contributed by atoms with Gasteiger partial charge in [0.05, 0.1) is 0 Å². The maximum absolute atomic E-state index is 5.32. The van der Waals surface area contributed by atoms with E-state index in [1.165, 1.54) is 25.7 Å². The Morgan fingerprint density at radius 2 is 2.10 bits per heavy atom. The Kier molecular flexibility index (Phi) is 3.76. The summed E-state index contributed by atoms with van der Waals surface area (Å²) in [6.07, 6.45) is 5.73. The van der Waals surface area contributed by atoms with Crippen LogP contribution in [0.3, 0.4) is 0 Å². The molecule has 0 bridgehead atoms. The topological polar surface area (TPSA) is 38.0 Å². The first-order valence-corrected chi connectivity index (χ1v) is 4.34. The predicted octanol–water partition coefficient (Wildman–Crippen LogP) is 0.725. The van der Waals surface area contributed by atoms with E-state index in [2.05, 4.69) is 5.32 Å². The van der Waals surface area contributed by atoms with Crippen molar-refractivity contribution in [2.24, 2.45) is 11.7 Å². The van der Waals surface area contributed by atoms with Crippen molar-refractivity contribution < 1.29 is 0 Å². The first-order valence-electron chi connectivity index (χ1n) is 4.34. The van der Waals surface area contributed by atoms with Gasteiger partial charge in [-0.25, -0.2) is 0 Å². The highest BCUT2D eigenvalue weighted by molar-refractivity contribution is 4.72.